The molecule has 0 aromatic heterocycles. The first-order valence-corrected chi connectivity index (χ1v) is 8.28. The lowest BCUT2D eigenvalue weighted by Gasteiger charge is -2.32. The number of aliphatic imine (C=N–C) groups is 1. The van der Waals surface area contributed by atoms with E-state index in [0.717, 1.165) is 65.0 Å². The molecule has 2 fully saturated rings. The van der Waals surface area contributed by atoms with Crippen molar-refractivity contribution in [3.05, 3.63) is 0 Å². The third-order valence-electron chi connectivity index (χ3n) is 4.06. The van der Waals surface area contributed by atoms with E-state index in [1.165, 1.54) is 6.42 Å². The number of hydrogen-bond donors (Lipinski definition) is 1. The maximum Gasteiger partial charge on any atom is 0.194 e. The van der Waals surface area contributed by atoms with E-state index in [4.69, 9.17) is 9.47 Å². The van der Waals surface area contributed by atoms with E-state index in [2.05, 4.69) is 27.0 Å². The van der Waals surface area contributed by atoms with Crippen LogP contribution in [-0.4, -0.2) is 87.5 Å². The second kappa shape index (κ2) is 11.4. The molecule has 22 heavy (non-hydrogen) atoms. The fourth-order valence-corrected chi connectivity index (χ4v) is 2.96. The number of hydrogen-bond acceptors (Lipinski definition) is 4. The minimum atomic E-state index is 0. The molecule has 1 unspecified atom stereocenters. The lowest BCUT2D eigenvalue weighted by atomic mass is 10.2. The van der Waals surface area contributed by atoms with Crippen LogP contribution in [0.15, 0.2) is 4.99 Å². The zero-order chi connectivity index (χ0) is 14.9. The van der Waals surface area contributed by atoms with Crippen molar-refractivity contribution in [3.8, 4) is 0 Å². The Bertz CT molecular complexity index is 325. The van der Waals surface area contributed by atoms with Crippen LogP contribution in [0.4, 0.5) is 0 Å². The molecule has 2 rings (SSSR count). The number of ether oxygens (including phenoxy) is 2. The standard InChI is InChI=1S/C15H30N4O2.HI/c1-3-16-15(17-6-10-20-4-2)19-7-5-14(13-19)18-8-11-21-12-9-18;/h14H,3-13H2,1-2H3,(H,16,17);1H. The van der Waals surface area contributed by atoms with E-state index >= 15 is 0 Å². The lowest BCUT2D eigenvalue weighted by Crippen LogP contribution is -2.46. The normalized spacial score (nSPS) is 23.5. The molecule has 1 N–H and O–H groups in total. The average molecular weight is 426 g/mol. The van der Waals surface area contributed by atoms with E-state index in [9.17, 15) is 0 Å². The fourth-order valence-electron chi connectivity index (χ4n) is 2.96. The molecule has 6 nitrogen and oxygen atoms in total. The van der Waals surface area contributed by atoms with Gasteiger partial charge in [-0.3, -0.25) is 9.89 Å². The summed E-state index contributed by atoms with van der Waals surface area (Å²) in [7, 11) is 0. The van der Waals surface area contributed by atoms with Crippen LogP contribution in [0.2, 0.25) is 0 Å². The molecule has 0 aromatic rings. The molecule has 0 radical (unpaired) electrons. The van der Waals surface area contributed by atoms with Gasteiger partial charge in [0.2, 0.25) is 0 Å². The van der Waals surface area contributed by atoms with Gasteiger partial charge in [0.15, 0.2) is 5.96 Å². The molecule has 2 heterocycles. The highest BCUT2D eigenvalue weighted by molar-refractivity contribution is 14.0. The zero-order valence-electron chi connectivity index (χ0n) is 13.9. The van der Waals surface area contributed by atoms with Crippen LogP contribution < -0.4 is 5.32 Å². The molecule has 7 heteroatoms. The summed E-state index contributed by atoms with van der Waals surface area (Å²) in [5, 5.41) is 3.40. The summed E-state index contributed by atoms with van der Waals surface area (Å²) in [6.45, 7) is 13.3. The topological polar surface area (TPSA) is 49.3 Å². The maximum absolute atomic E-state index is 5.44. The van der Waals surface area contributed by atoms with E-state index in [1.54, 1.807) is 0 Å². The number of nitrogens with one attached hydrogen (secondary N) is 1. The maximum atomic E-state index is 5.44. The van der Waals surface area contributed by atoms with Crippen molar-refractivity contribution in [1.82, 2.24) is 15.1 Å². The molecule has 0 aliphatic carbocycles. The summed E-state index contributed by atoms with van der Waals surface area (Å²) in [6, 6.07) is 0.643. The van der Waals surface area contributed by atoms with Crippen LogP contribution in [0, 0.1) is 0 Å². The number of halogens is 1. The summed E-state index contributed by atoms with van der Waals surface area (Å²) < 4.78 is 10.8. The van der Waals surface area contributed by atoms with Gasteiger partial charge in [0.1, 0.15) is 0 Å². The molecule has 2 aliphatic rings. The van der Waals surface area contributed by atoms with Crippen molar-refractivity contribution >= 4 is 29.9 Å². The molecule has 0 amide bonds. The Kier molecular flexibility index (Phi) is 10.3. The molecule has 1 atom stereocenters. The molecule has 0 saturated carbocycles. The van der Waals surface area contributed by atoms with Gasteiger partial charge in [0.05, 0.1) is 26.4 Å². The Morgan fingerprint density at radius 1 is 1.27 bits per heavy atom. The lowest BCUT2D eigenvalue weighted by molar-refractivity contribution is 0.0195. The second-order valence-electron chi connectivity index (χ2n) is 5.47. The van der Waals surface area contributed by atoms with Gasteiger partial charge in [0.25, 0.3) is 0 Å². The highest BCUT2D eigenvalue weighted by Gasteiger charge is 2.30. The molecular weight excluding hydrogens is 395 g/mol. The van der Waals surface area contributed by atoms with Gasteiger partial charge in [-0.1, -0.05) is 0 Å². The minimum Gasteiger partial charge on any atom is -0.380 e. The zero-order valence-corrected chi connectivity index (χ0v) is 16.3. The molecule has 0 bridgehead atoms. The average Bonchev–Trinajstić information content (AvgIpc) is 3.01. The van der Waals surface area contributed by atoms with E-state index in [0.29, 0.717) is 12.6 Å². The first kappa shape index (κ1) is 19.9. The summed E-state index contributed by atoms with van der Waals surface area (Å²) in [5.41, 5.74) is 0. The predicted molar refractivity (Wildman–Crippen MR) is 100 cm³/mol. The van der Waals surface area contributed by atoms with Crippen molar-refractivity contribution in [2.45, 2.75) is 26.3 Å². The Labute approximate surface area is 151 Å². The first-order valence-electron chi connectivity index (χ1n) is 8.28. The summed E-state index contributed by atoms with van der Waals surface area (Å²) >= 11 is 0. The molecule has 2 saturated heterocycles. The molecule has 2 aliphatic heterocycles. The van der Waals surface area contributed by atoms with Gasteiger partial charge in [-0.2, -0.15) is 0 Å². The summed E-state index contributed by atoms with van der Waals surface area (Å²) in [5.74, 6) is 1.04. The highest BCUT2D eigenvalue weighted by Crippen LogP contribution is 2.17. The van der Waals surface area contributed by atoms with E-state index in [1.807, 2.05) is 6.92 Å². The van der Waals surface area contributed by atoms with Crippen LogP contribution in [0.5, 0.6) is 0 Å². The van der Waals surface area contributed by atoms with Crippen LogP contribution in [-0.2, 0) is 9.47 Å². The number of morpholine rings is 1. The first-order chi connectivity index (χ1) is 10.3. The summed E-state index contributed by atoms with van der Waals surface area (Å²) in [4.78, 5) is 9.62. The summed E-state index contributed by atoms with van der Waals surface area (Å²) in [6.07, 6.45) is 1.22. The van der Waals surface area contributed by atoms with Gasteiger partial charge >= 0.3 is 0 Å². The van der Waals surface area contributed by atoms with E-state index < -0.39 is 0 Å². The second-order valence-corrected chi connectivity index (χ2v) is 5.47. The van der Waals surface area contributed by atoms with Gasteiger partial charge in [-0.05, 0) is 20.3 Å². The monoisotopic (exact) mass is 426 g/mol. The fraction of sp³-hybridized carbons (Fsp3) is 0.933. The van der Waals surface area contributed by atoms with Crippen LogP contribution in [0.25, 0.3) is 0 Å². The van der Waals surface area contributed by atoms with Crippen LogP contribution in [0.3, 0.4) is 0 Å². The molecule has 130 valence electrons. The largest absolute Gasteiger partial charge is 0.380 e. The van der Waals surface area contributed by atoms with Crippen molar-refractivity contribution in [1.29, 1.82) is 0 Å². The van der Waals surface area contributed by atoms with Crippen molar-refractivity contribution < 1.29 is 9.47 Å². The highest BCUT2D eigenvalue weighted by atomic mass is 127. The van der Waals surface area contributed by atoms with Gasteiger partial charge in [-0.25, -0.2) is 0 Å². The van der Waals surface area contributed by atoms with Crippen molar-refractivity contribution in [2.75, 3.05) is 65.7 Å². The number of rotatable bonds is 6. The number of guanidine groups is 1. The Morgan fingerprint density at radius 3 is 2.73 bits per heavy atom. The van der Waals surface area contributed by atoms with Gasteiger partial charge in [-0.15, -0.1) is 24.0 Å². The Hall–Kier alpha value is -0.120. The quantitative estimate of drug-likeness (QED) is 0.298. The Morgan fingerprint density at radius 2 is 2.05 bits per heavy atom. The minimum absolute atomic E-state index is 0. The number of likely N-dealkylation sites (tertiary alicyclic amines) is 1. The SMILES string of the molecule is CCNC(=NCCOCC)N1CCC(N2CCOCC2)C1.I. The third kappa shape index (κ3) is 6.17. The number of nitrogens with zero attached hydrogens (tertiary/aromatic N) is 3. The smallest absolute Gasteiger partial charge is 0.194 e. The van der Waals surface area contributed by atoms with Gasteiger partial charge < -0.3 is 19.7 Å². The van der Waals surface area contributed by atoms with Crippen LogP contribution in [0.1, 0.15) is 20.3 Å². The van der Waals surface area contributed by atoms with Crippen molar-refractivity contribution in [2.24, 2.45) is 4.99 Å². The molecular formula is C15H31IN4O2. The molecule has 0 aromatic carbocycles. The Balaban J connectivity index is 0.00000242. The predicted octanol–water partition coefficient (Wildman–Crippen LogP) is 1.01. The van der Waals surface area contributed by atoms with E-state index in [-0.39, 0.29) is 24.0 Å². The van der Waals surface area contributed by atoms with Gasteiger partial charge in [0, 0.05) is 45.4 Å². The van der Waals surface area contributed by atoms with Crippen molar-refractivity contribution in [3.63, 3.8) is 0 Å². The third-order valence-corrected chi connectivity index (χ3v) is 4.06. The molecule has 0 spiro atoms. The van der Waals surface area contributed by atoms with Crippen LogP contribution >= 0.6 is 24.0 Å².